The molecule has 1 heterocycles. The molecule has 0 aliphatic carbocycles. The highest BCUT2D eigenvalue weighted by Crippen LogP contribution is 2.22. The second kappa shape index (κ2) is 7.61. The number of halogens is 1. The monoisotopic (exact) mass is 364 g/mol. The number of aryl methyl sites for hydroxylation is 1. The maximum absolute atomic E-state index is 12.1. The Kier molecular flexibility index (Phi) is 5.82. The van der Waals surface area contributed by atoms with Gasteiger partial charge in [-0.05, 0) is 47.5 Å². The Labute approximate surface area is 137 Å². The number of carbonyl (C=O) groups excluding carboxylic acids is 1. The van der Waals surface area contributed by atoms with Crippen LogP contribution in [0.2, 0.25) is 0 Å². The van der Waals surface area contributed by atoms with E-state index in [-0.39, 0.29) is 11.2 Å². The Morgan fingerprint density at radius 1 is 1.29 bits per heavy atom. The maximum atomic E-state index is 12.1. The molecule has 1 atom stereocenters. The van der Waals surface area contributed by atoms with Crippen LogP contribution in [0.3, 0.4) is 0 Å². The zero-order valence-electron chi connectivity index (χ0n) is 12.0. The zero-order chi connectivity index (χ0) is 15.2. The quantitative estimate of drug-likeness (QED) is 0.816. The predicted molar refractivity (Wildman–Crippen MR) is 90.3 cm³/mol. The second-order valence-electron chi connectivity index (χ2n) is 4.78. The van der Waals surface area contributed by atoms with Crippen LogP contribution >= 0.6 is 27.7 Å². The van der Waals surface area contributed by atoms with Gasteiger partial charge in [0.05, 0.1) is 10.3 Å². The molecule has 1 amide bonds. The molecule has 0 radical (unpaired) electrons. The second-order valence-corrected chi connectivity index (χ2v) is 7.05. The molecule has 0 unspecified atom stereocenters. The van der Waals surface area contributed by atoms with Gasteiger partial charge >= 0.3 is 0 Å². The van der Waals surface area contributed by atoms with E-state index in [0.29, 0.717) is 6.54 Å². The van der Waals surface area contributed by atoms with Crippen molar-refractivity contribution in [3.63, 3.8) is 0 Å². The van der Waals surface area contributed by atoms with Gasteiger partial charge in [-0.3, -0.25) is 4.79 Å². The summed E-state index contributed by atoms with van der Waals surface area (Å²) < 4.78 is 0.934. The molecule has 0 saturated carbocycles. The highest BCUT2D eigenvalue weighted by Gasteiger charge is 2.14. The highest BCUT2D eigenvalue weighted by atomic mass is 79.9. The van der Waals surface area contributed by atoms with Crippen molar-refractivity contribution in [1.29, 1.82) is 0 Å². The Balaban J connectivity index is 1.84. The van der Waals surface area contributed by atoms with Crippen molar-refractivity contribution in [1.82, 2.24) is 10.3 Å². The molecular formula is C16H17BrN2OS. The van der Waals surface area contributed by atoms with Crippen LogP contribution < -0.4 is 5.32 Å². The van der Waals surface area contributed by atoms with Gasteiger partial charge in [0.1, 0.15) is 0 Å². The highest BCUT2D eigenvalue weighted by molar-refractivity contribution is 9.10. The number of benzene rings is 1. The van der Waals surface area contributed by atoms with Crippen molar-refractivity contribution in [2.45, 2.75) is 30.7 Å². The molecule has 110 valence electrons. The summed E-state index contributed by atoms with van der Waals surface area (Å²) in [6.45, 7) is 4.49. The molecule has 21 heavy (non-hydrogen) atoms. The zero-order valence-corrected chi connectivity index (χ0v) is 14.4. The van der Waals surface area contributed by atoms with E-state index in [9.17, 15) is 4.79 Å². The third-order valence-electron chi connectivity index (χ3n) is 2.95. The number of thioether (sulfide) groups is 1. The van der Waals surface area contributed by atoms with Crippen molar-refractivity contribution >= 4 is 33.6 Å². The standard InChI is InChI=1S/C16H17BrN2OS/c1-11-3-5-13(6-4-11)9-19-16(20)12(2)21-15-8-7-14(17)10-18-15/h3-8,10,12H,9H2,1-2H3,(H,19,20)/t12-/m1/s1. The van der Waals surface area contributed by atoms with Crippen LogP contribution in [0.25, 0.3) is 0 Å². The normalized spacial score (nSPS) is 12.0. The van der Waals surface area contributed by atoms with E-state index >= 15 is 0 Å². The van der Waals surface area contributed by atoms with Gasteiger partial charge in [-0.2, -0.15) is 0 Å². The van der Waals surface area contributed by atoms with E-state index in [2.05, 4.69) is 26.2 Å². The Morgan fingerprint density at radius 2 is 2.00 bits per heavy atom. The first-order valence-electron chi connectivity index (χ1n) is 6.66. The van der Waals surface area contributed by atoms with Gasteiger partial charge in [0.25, 0.3) is 0 Å². The third kappa shape index (κ3) is 5.17. The number of nitrogens with one attached hydrogen (secondary N) is 1. The fourth-order valence-corrected chi connectivity index (χ4v) is 2.75. The summed E-state index contributed by atoms with van der Waals surface area (Å²) >= 11 is 4.80. The number of amides is 1. The van der Waals surface area contributed by atoms with Crippen LogP contribution in [0.1, 0.15) is 18.1 Å². The minimum Gasteiger partial charge on any atom is -0.351 e. The van der Waals surface area contributed by atoms with E-state index in [0.717, 1.165) is 15.1 Å². The smallest absolute Gasteiger partial charge is 0.233 e. The lowest BCUT2D eigenvalue weighted by atomic mass is 10.1. The van der Waals surface area contributed by atoms with Crippen LogP contribution in [-0.4, -0.2) is 16.1 Å². The average molecular weight is 365 g/mol. The average Bonchev–Trinajstić information content (AvgIpc) is 2.48. The molecule has 3 nitrogen and oxygen atoms in total. The number of rotatable bonds is 5. The molecule has 1 aromatic heterocycles. The molecule has 5 heteroatoms. The number of carbonyl (C=O) groups is 1. The van der Waals surface area contributed by atoms with E-state index in [1.54, 1.807) is 6.20 Å². The van der Waals surface area contributed by atoms with Crippen LogP contribution in [0, 0.1) is 6.92 Å². The van der Waals surface area contributed by atoms with Gasteiger partial charge in [-0.15, -0.1) is 0 Å². The maximum Gasteiger partial charge on any atom is 0.233 e. The predicted octanol–water partition coefficient (Wildman–Crippen LogP) is 3.95. The fourth-order valence-electron chi connectivity index (χ4n) is 1.71. The van der Waals surface area contributed by atoms with Crippen molar-refractivity contribution in [2.75, 3.05) is 0 Å². The molecule has 0 spiro atoms. The van der Waals surface area contributed by atoms with E-state index in [1.807, 2.05) is 50.2 Å². The van der Waals surface area contributed by atoms with Gasteiger partial charge in [0.15, 0.2) is 0 Å². The van der Waals surface area contributed by atoms with E-state index in [1.165, 1.54) is 17.3 Å². The molecule has 1 N–H and O–H groups in total. The van der Waals surface area contributed by atoms with Crippen molar-refractivity contribution in [3.05, 3.63) is 58.2 Å². The van der Waals surface area contributed by atoms with Crippen molar-refractivity contribution < 1.29 is 4.79 Å². The molecule has 0 saturated heterocycles. The minimum absolute atomic E-state index is 0.0188. The molecule has 2 aromatic rings. The van der Waals surface area contributed by atoms with E-state index in [4.69, 9.17) is 0 Å². The Hall–Kier alpha value is -1.33. The van der Waals surface area contributed by atoms with E-state index < -0.39 is 0 Å². The summed E-state index contributed by atoms with van der Waals surface area (Å²) in [5, 5.41) is 3.62. The van der Waals surface area contributed by atoms with Crippen molar-refractivity contribution in [3.8, 4) is 0 Å². The molecule has 0 fully saturated rings. The van der Waals surface area contributed by atoms with Gasteiger partial charge in [-0.1, -0.05) is 41.6 Å². The largest absolute Gasteiger partial charge is 0.351 e. The Bertz CT molecular complexity index is 599. The van der Waals surface area contributed by atoms with Crippen LogP contribution in [0.5, 0.6) is 0 Å². The van der Waals surface area contributed by atoms with Crippen LogP contribution in [-0.2, 0) is 11.3 Å². The Morgan fingerprint density at radius 3 is 2.62 bits per heavy atom. The molecule has 0 bridgehead atoms. The number of aromatic nitrogens is 1. The van der Waals surface area contributed by atoms with Crippen LogP contribution in [0.4, 0.5) is 0 Å². The minimum atomic E-state index is -0.177. The summed E-state index contributed by atoms with van der Waals surface area (Å²) in [7, 11) is 0. The van der Waals surface area contributed by atoms with Gasteiger partial charge < -0.3 is 5.32 Å². The number of hydrogen-bond donors (Lipinski definition) is 1. The first-order valence-corrected chi connectivity index (χ1v) is 8.33. The lowest BCUT2D eigenvalue weighted by Crippen LogP contribution is -2.30. The first kappa shape index (κ1) is 16.0. The molecule has 1 aromatic carbocycles. The summed E-state index contributed by atoms with van der Waals surface area (Å²) in [5.74, 6) is 0.0188. The summed E-state index contributed by atoms with van der Waals surface area (Å²) in [6.07, 6.45) is 1.74. The topological polar surface area (TPSA) is 42.0 Å². The van der Waals surface area contributed by atoms with Crippen LogP contribution in [0.15, 0.2) is 52.1 Å². The summed E-state index contributed by atoms with van der Waals surface area (Å²) in [6, 6.07) is 12.0. The van der Waals surface area contributed by atoms with Gasteiger partial charge in [0.2, 0.25) is 5.91 Å². The third-order valence-corrected chi connectivity index (χ3v) is 4.47. The van der Waals surface area contributed by atoms with Gasteiger partial charge in [-0.25, -0.2) is 4.98 Å². The summed E-state index contributed by atoms with van der Waals surface area (Å²) in [5.41, 5.74) is 2.32. The molecule has 0 aliphatic rings. The number of nitrogens with zero attached hydrogens (tertiary/aromatic N) is 1. The molecule has 2 rings (SSSR count). The number of hydrogen-bond acceptors (Lipinski definition) is 3. The lowest BCUT2D eigenvalue weighted by molar-refractivity contribution is -0.120. The van der Waals surface area contributed by atoms with Gasteiger partial charge in [0, 0.05) is 17.2 Å². The number of pyridine rings is 1. The summed E-state index contributed by atoms with van der Waals surface area (Å²) in [4.78, 5) is 16.4. The fraction of sp³-hybridized carbons (Fsp3) is 0.250. The lowest BCUT2D eigenvalue weighted by Gasteiger charge is -2.11. The molecular weight excluding hydrogens is 348 g/mol. The SMILES string of the molecule is Cc1ccc(CNC(=O)[C@@H](C)Sc2ccc(Br)cn2)cc1. The molecule has 0 aliphatic heterocycles. The van der Waals surface area contributed by atoms with Crippen molar-refractivity contribution in [2.24, 2.45) is 0 Å². The first-order chi connectivity index (χ1) is 10.0.